The molecule has 1 saturated heterocycles. The Labute approximate surface area is 228 Å². The predicted molar refractivity (Wildman–Crippen MR) is 155 cm³/mol. The van der Waals surface area contributed by atoms with Crippen molar-refractivity contribution in [3.63, 3.8) is 0 Å². The Balaban J connectivity index is 1.74. The molecule has 3 aromatic rings. The van der Waals surface area contributed by atoms with Gasteiger partial charge in [0.2, 0.25) is 0 Å². The van der Waals surface area contributed by atoms with Crippen LogP contribution in [-0.4, -0.2) is 36.9 Å². The first kappa shape index (κ1) is 25.4. The number of hydrogen-bond acceptors (Lipinski definition) is 5. The van der Waals surface area contributed by atoms with Gasteiger partial charge >= 0.3 is 0 Å². The van der Waals surface area contributed by atoms with Gasteiger partial charge in [-0.15, -0.1) is 0 Å². The fourth-order valence-corrected chi connectivity index (χ4v) is 5.94. The number of hydrogen-bond donors (Lipinski definition) is 1. The molecular formula is C29H31ClN4O2S. The normalized spacial score (nSPS) is 20.3. The zero-order chi connectivity index (χ0) is 26.5. The third-order valence-corrected chi connectivity index (χ3v) is 8.04. The van der Waals surface area contributed by atoms with E-state index in [2.05, 4.69) is 66.1 Å². The average Bonchev–Trinajstić information content (AvgIpc) is 3.23. The van der Waals surface area contributed by atoms with Gasteiger partial charge in [0.25, 0.3) is 0 Å². The second-order valence-corrected chi connectivity index (χ2v) is 10.8. The zero-order valence-electron chi connectivity index (χ0n) is 21.9. The van der Waals surface area contributed by atoms with Crippen LogP contribution in [0.5, 0.6) is 11.5 Å². The van der Waals surface area contributed by atoms with Crippen LogP contribution in [0.1, 0.15) is 49.7 Å². The zero-order valence-corrected chi connectivity index (χ0v) is 23.4. The Hall–Kier alpha value is -3.29. The maximum atomic E-state index is 7.11. The van der Waals surface area contributed by atoms with Crippen LogP contribution in [-0.2, 0) is 0 Å². The summed E-state index contributed by atoms with van der Waals surface area (Å²) in [5.41, 5.74) is 5.97. The first-order valence-electron chi connectivity index (χ1n) is 12.2. The number of rotatable bonds is 5. The first-order valence-corrected chi connectivity index (χ1v) is 12.9. The lowest BCUT2D eigenvalue weighted by molar-refractivity contribution is 0.403. The van der Waals surface area contributed by atoms with Gasteiger partial charge in [-0.3, -0.25) is 4.98 Å². The molecule has 192 valence electrons. The molecule has 2 aliphatic heterocycles. The van der Waals surface area contributed by atoms with Gasteiger partial charge in [-0.1, -0.05) is 23.7 Å². The second-order valence-electron chi connectivity index (χ2n) is 9.97. The second kappa shape index (κ2) is 9.54. The Morgan fingerprint density at radius 1 is 1.05 bits per heavy atom. The molecule has 0 saturated carbocycles. The molecular weight excluding hydrogens is 504 g/mol. The standard InChI is InChI=1S/C29H31ClN4O2S/c1-17-16-29(2,3)33(4)23-15-21(30)20(14-19(17)23)27-26(22-9-7-8-12-31-22)32-28(37)34(27)24-13-18(35-5)10-11-25(24)36-6/h7-16,26-27H,1-6H3,(H,32,37)/t26-,27-/m1/s1. The van der Waals surface area contributed by atoms with E-state index in [-0.39, 0.29) is 17.6 Å². The molecule has 0 aliphatic carbocycles. The van der Waals surface area contributed by atoms with Gasteiger partial charge in [-0.05, 0) is 80.5 Å². The summed E-state index contributed by atoms with van der Waals surface area (Å²) in [7, 11) is 5.41. The summed E-state index contributed by atoms with van der Waals surface area (Å²) in [6.45, 7) is 6.56. The van der Waals surface area contributed by atoms with Crippen LogP contribution in [0.4, 0.5) is 11.4 Å². The van der Waals surface area contributed by atoms with Crippen LogP contribution in [0.25, 0.3) is 5.57 Å². The minimum Gasteiger partial charge on any atom is -0.497 e. The van der Waals surface area contributed by atoms with Crippen LogP contribution in [0.2, 0.25) is 5.02 Å². The van der Waals surface area contributed by atoms with Gasteiger partial charge in [0.15, 0.2) is 5.11 Å². The molecule has 0 bridgehead atoms. The monoisotopic (exact) mass is 534 g/mol. The van der Waals surface area contributed by atoms with Gasteiger partial charge in [-0.2, -0.15) is 0 Å². The lowest BCUT2D eigenvalue weighted by atomic mass is 9.86. The van der Waals surface area contributed by atoms with Crippen molar-refractivity contribution < 1.29 is 9.47 Å². The molecule has 3 heterocycles. The smallest absolute Gasteiger partial charge is 0.174 e. The van der Waals surface area contributed by atoms with Crippen molar-refractivity contribution in [1.29, 1.82) is 0 Å². The van der Waals surface area contributed by atoms with Gasteiger partial charge in [0.05, 0.1) is 43.2 Å². The lowest BCUT2D eigenvalue weighted by Gasteiger charge is -2.41. The summed E-state index contributed by atoms with van der Waals surface area (Å²) < 4.78 is 11.3. The van der Waals surface area contributed by atoms with Crippen LogP contribution in [0, 0.1) is 0 Å². The van der Waals surface area contributed by atoms with Crippen molar-refractivity contribution in [3.8, 4) is 11.5 Å². The third-order valence-electron chi connectivity index (χ3n) is 7.40. The number of halogens is 1. The number of ether oxygens (including phenoxy) is 2. The molecule has 8 heteroatoms. The van der Waals surface area contributed by atoms with Gasteiger partial charge in [0.1, 0.15) is 11.5 Å². The molecule has 0 radical (unpaired) electrons. The van der Waals surface area contributed by atoms with Crippen molar-refractivity contribution in [2.24, 2.45) is 0 Å². The largest absolute Gasteiger partial charge is 0.497 e. The minimum absolute atomic E-state index is 0.116. The van der Waals surface area contributed by atoms with Gasteiger partial charge in [-0.25, -0.2) is 0 Å². The van der Waals surface area contributed by atoms with E-state index in [0.29, 0.717) is 21.6 Å². The number of anilines is 2. The number of pyridine rings is 1. The molecule has 6 nitrogen and oxygen atoms in total. The third kappa shape index (κ3) is 4.30. The van der Waals surface area contributed by atoms with Crippen molar-refractivity contribution in [1.82, 2.24) is 10.3 Å². The summed E-state index contributed by atoms with van der Waals surface area (Å²) in [5, 5.41) is 4.74. The van der Waals surface area contributed by atoms with E-state index >= 15 is 0 Å². The number of benzene rings is 2. The number of likely N-dealkylation sites (N-methyl/N-ethyl adjacent to an activating group) is 1. The highest BCUT2D eigenvalue weighted by atomic mass is 35.5. The topological polar surface area (TPSA) is 49.9 Å². The van der Waals surface area contributed by atoms with Crippen molar-refractivity contribution >= 4 is 45.9 Å². The maximum absolute atomic E-state index is 7.11. The maximum Gasteiger partial charge on any atom is 0.174 e. The fraction of sp³-hybridized carbons (Fsp3) is 0.310. The highest BCUT2D eigenvalue weighted by Crippen LogP contribution is 2.49. The Bertz CT molecular complexity index is 1390. The summed E-state index contributed by atoms with van der Waals surface area (Å²) in [6.07, 6.45) is 4.09. The van der Waals surface area contributed by atoms with Crippen LogP contribution >= 0.6 is 23.8 Å². The summed E-state index contributed by atoms with van der Waals surface area (Å²) in [4.78, 5) is 9.01. The quantitative estimate of drug-likeness (QED) is 0.372. The van der Waals surface area contributed by atoms with Crippen molar-refractivity contribution in [2.75, 3.05) is 31.1 Å². The number of aromatic nitrogens is 1. The number of nitrogens with one attached hydrogen (secondary N) is 1. The number of thiocarbonyl (C=S) groups is 1. The molecule has 1 aromatic heterocycles. The lowest BCUT2D eigenvalue weighted by Crippen LogP contribution is -2.42. The van der Waals surface area contributed by atoms with E-state index in [1.54, 1.807) is 20.4 Å². The summed E-state index contributed by atoms with van der Waals surface area (Å²) in [6, 6.07) is 15.4. The molecule has 5 rings (SSSR count). The Kier molecular flexibility index (Phi) is 6.54. The molecule has 2 aliphatic rings. The molecule has 37 heavy (non-hydrogen) atoms. The summed E-state index contributed by atoms with van der Waals surface area (Å²) >= 11 is 13.0. The molecule has 0 amide bonds. The minimum atomic E-state index is -0.283. The van der Waals surface area contributed by atoms with E-state index < -0.39 is 0 Å². The molecule has 1 fully saturated rings. The molecule has 0 unspecified atom stereocenters. The van der Waals surface area contributed by atoms with E-state index in [1.807, 2.05) is 36.4 Å². The number of fused-ring (bicyclic) bond motifs is 1. The van der Waals surface area contributed by atoms with Crippen LogP contribution < -0.4 is 24.6 Å². The van der Waals surface area contributed by atoms with Crippen molar-refractivity contribution in [3.05, 3.63) is 82.6 Å². The van der Waals surface area contributed by atoms with E-state index in [4.69, 9.17) is 33.3 Å². The number of methoxy groups -OCH3 is 2. The Morgan fingerprint density at radius 2 is 1.84 bits per heavy atom. The SMILES string of the molecule is COc1ccc(OC)c(N2C(=S)N[C@H](c3ccccn3)[C@H]2c2cc3c(cc2Cl)N(C)C(C)(C)C=C3C)c1. The molecule has 2 aromatic carbocycles. The Morgan fingerprint density at radius 3 is 2.51 bits per heavy atom. The molecule has 1 N–H and O–H groups in total. The van der Waals surface area contributed by atoms with Crippen molar-refractivity contribution in [2.45, 2.75) is 38.4 Å². The highest BCUT2D eigenvalue weighted by molar-refractivity contribution is 7.80. The number of nitrogens with zero attached hydrogens (tertiary/aromatic N) is 3. The van der Waals surface area contributed by atoms with Gasteiger partial charge in [0, 0.05) is 35.6 Å². The summed E-state index contributed by atoms with van der Waals surface area (Å²) in [5.74, 6) is 1.39. The molecule has 2 atom stereocenters. The predicted octanol–water partition coefficient (Wildman–Crippen LogP) is 6.56. The van der Waals surface area contributed by atoms with Crippen LogP contribution in [0.3, 0.4) is 0 Å². The number of allylic oxidation sites excluding steroid dienone is 1. The van der Waals surface area contributed by atoms with E-state index in [9.17, 15) is 0 Å². The van der Waals surface area contributed by atoms with E-state index in [0.717, 1.165) is 28.2 Å². The molecule has 0 spiro atoms. The van der Waals surface area contributed by atoms with E-state index in [1.165, 1.54) is 5.57 Å². The highest BCUT2D eigenvalue weighted by Gasteiger charge is 2.43. The van der Waals surface area contributed by atoms with Crippen LogP contribution in [0.15, 0.2) is 60.8 Å². The van der Waals surface area contributed by atoms with Gasteiger partial charge < -0.3 is 24.6 Å². The first-order chi connectivity index (χ1) is 17.7. The fourth-order valence-electron chi connectivity index (χ4n) is 5.33. The average molecular weight is 535 g/mol.